The van der Waals surface area contributed by atoms with Crippen molar-refractivity contribution in [2.24, 2.45) is 0 Å². The molecule has 92 valence electrons. The van der Waals surface area contributed by atoms with Crippen molar-refractivity contribution in [1.29, 1.82) is 0 Å². The first-order valence-corrected chi connectivity index (χ1v) is 6.95. The lowest BCUT2D eigenvalue weighted by Crippen LogP contribution is -2.34. The van der Waals surface area contributed by atoms with Crippen LogP contribution < -0.4 is 0 Å². The number of ether oxygens (including phenoxy) is 1. The highest BCUT2D eigenvalue weighted by Crippen LogP contribution is 2.42. The molecule has 1 aliphatic rings. The molecule has 0 atom stereocenters. The van der Waals surface area contributed by atoms with Gasteiger partial charge in [0.1, 0.15) is 5.60 Å². The average molecular weight is 250 g/mol. The van der Waals surface area contributed by atoms with Crippen LogP contribution in [-0.4, -0.2) is 5.97 Å². The lowest BCUT2D eigenvalue weighted by atomic mass is 9.83. The second-order valence-corrected chi connectivity index (χ2v) is 5.65. The van der Waals surface area contributed by atoms with Gasteiger partial charge >= 0.3 is 5.97 Å². The van der Waals surface area contributed by atoms with Crippen molar-refractivity contribution in [2.75, 3.05) is 0 Å². The van der Waals surface area contributed by atoms with Crippen LogP contribution in [0.15, 0.2) is 29.7 Å². The summed E-state index contributed by atoms with van der Waals surface area (Å²) in [6.45, 7) is 5.36. The Kier molecular flexibility index (Phi) is 3.67. The van der Waals surface area contributed by atoms with E-state index in [-0.39, 0.29) is 11.6 Å². The predicted molar refractivity (Wildman–Crippen MR) is 70.0 cm³/mol. The number of hydrogen-bond acceptors (Lipinski definition) is 3. The summed E-state index contributed by atoms with van der Waals surface area (Å²) >= 11 is 1.68. The Morgan fingerprint density at radius 2 is 2.12 bits per heavy atom. The van der Waals surface area contributed by atoms with Gasteiger partial charge in [-0.05, 0) is 44.1 Å². The van der Waals surface area contributed by atoms with Gasteiger partial charge < -0.3 is 4.74 Å². The molecule has 0 aliphatic heterocycles. The van der Waals surface area contributed by atoms with Crippen molar-refractivity contribution in [1.82, 2.24) is 0 Å². The van der Waals surface area contributed by atoms with Gasteiger partial charge in [-0.15, -0.1) is 11.3 Å². The maximum Gasteiger partial charge on any atom is 0.334 e. The number of thiophene rings is 1. The highest BCUT2D eigenvalue weighted by atomic mass is 32.1. The van der Waals surface area contributed by atoms with Gasteiger partial charge in [-0.3, -0.25) is 0 Å². The zero-order valence-corrected chi connectivity index (χ0v) is 11.0. The number of carbonyl (C=O) groups is 1. The van der Waals surface area contributed by atoms with Crippen LogP contribution in [0.1, 0.15) is 43.9 Å². The molecule has 1 fully saturated rings. The number of esters is 1. The molecule has 1 aromatic heterocycles. The smallest absolute Gasteiger partial charge is 0.334 e. The first kappa shape index (κ1) is 12.4. The summed E-state index contributed by atoms with van der Waals surface area (Å²) in [6.07, 6.45) is 5.36. The van der Waals surface area contributed by atoms with E-state index in [1.165, 1.54) is 11.3 Å². The van der Waals surface area contributed by atoms with Crippen LogP contribution in [0, 0.1) is 0 Å². The van der Waals surface area contributed by atoms with Gasteiger partial charge in [-0.25, -0.2) is 4.79 Å². The molecular weight excluding hydrogens is 232 g/mol. The van der Waals surface area contributed by atoms with Gasteiger partial charge in [0.25, 0.3) is 0 Å². The molecule has 0 aromatic carbocycles. The summed E-state index contributed by atoms with van der Waals surface area (Å²) in [4.78, 5) is 13.0. The van der Waals surface area contributed by atoms with Crippen molar-refractivity contribution in [3.05, 3.63) is 34.5 Å². The number of rotatable bonds is 3. The second-order valence-electron chi connectivity index (χ2n) is 4.70. The highest BCUT2D eigenvalue weighted by Gasteiger charge is 2.38. The largest absolute Gasteiger partial charge is 0.450 e. The summed E-state index contributed by atoms with van der Waals surface area (Å²) in [7, 11) is 0. The summed E-state index contributed by atoms with van der Waals surface area (Å²) in [5.41, 5.74) is 0.0918. The minimum absolute atomic E-state index is 0.264. The molecular formula is C14H18O2S. The molecule has 0 radical (unpaired) electrons. The molecule has 0 amide bonds. The molecule has 1 saturated carbocycles. The molecule has 3 heteroatoms. The monoisotopic (exact) mass is 250 g/mol. The molecule has 0 spiro atoms. The Bertz CT molecular complexity index is 400. The first-order valence-electron chi connectivity index (χ1n) is 6.07. The van der Waals surface area contributed by atoms with E-state index >= 15 is 0 Å². The summed E-state index contributed by atoms with van der Waals surface area (Å²) in [6, 6.07) is 4.09. The topological polar surface area (TPSA) is 26.3 Å². The van der Waals surface area contributed by atoms with Crippen molar-refractivity contribution < 1.29 is 9.53 Å². The van der Waals surface area contributed by atoms with Crippen LogP contribution in [0.3, 0.4) is 0 Å². The van der Waals surface area contributed by atoms with E-state index in [0.29, 0.717) is 5.57 Å². The van der Waals surface area contributed by atoms with Crippen molar-refractivity contribution >= 4 is 17.3 Å². The van der Waals surface area contributed by atoms with E-state index in [1.807, 2.05) is 11.4 Å². The third kappa shape index (κ3) is 2.60. The number of hydrogen-bond donors (Lipinski definition) is 0. The Morgan fingerprint density at radius 3 is 2.65 bits per heavy atom. The van der Waals surface area contributed by atoms with E-state index < -0.39 is 0 Å². The lowest BCUT2D eigenvalue weighted by Gasteiger charge is -2.36. The third-order valence-corrected chi connectivity index (χ3v) is 4.32. The second kappa shape index (κ2) is 5.05. The van der Waals surface area contributed by atoms with E-state index in [0.717, 1.165) is 25.7 Å². The maximum absolute atomic E-state index is 11.8. The van der Waals surface area contributed by atoms with E-state index in [9.17, 15) is 4.79 Å². The van der Waals surface area contributed by atoms with Gasteiger partial charge in [0.2, 0.25) is 0 Å². The van der Waals surface area contributed by atoms with Crippen LogP contribution in [0.25, 0.3) is 0 Å². The fraction of sp³-hybridized carbons (Fsp3) is 0.500. The van der Waals surface area contributed by atoms with Crippen molar-refractivity contribution in [2.45, 2.75) is 44.6 Å². The molecule has 17 heavy (non-hydrogen) atoms. The Balaban J connectivity index is 2.24. The van der Waals surface area contributed by atoms with Gasteiger partial charge in [0.15, 0.2) is 0 Å². The Hall–Kier alpha value is -1.09. The average Bonchev–Trinajstić information content (AvgIpc) is 2.84. The minimum atomic E-state index is -0.386. The molecule has 0 unspecified atom stereocenters. The fourth-order valence-electron chi connectivity index (χ4n) is 2.32. The van der Waals surface area contributed by atoms with Crippen LogP contribution in [-0.2, 0) is 15.1 Å². The zero-order valence-electron chi connectivity index (χ0n) is 10.2. The molecule has 1 aliphatic carbocycles. The highest BCUT2D eigenvalue weighted by molar-refractivity contribution is 7.10. The standard InChI is InChI=1S/C14H18O2S/c1-11(2)13(15)16-14(8-4-3-5-9-14)12-7-6-10-17-12/h6-7,10H,1,3-5,8-9H2,2H3. The van der Waals surface area contributed by atoms with E-state index in [1.54, 1.807) is 18.3 Å². The van der Waals surface area contributed by atoms with Crippen LogP contribution in [0.4, 0.5) is 0 Å². The quantitative estimate of drug-likeness (QED) is 0.598. The van der Waals surface area contributed by atoms with E-state index in [2.05, 4.69) is 12.6 Å². The first-order chi connectivity index (χ1) is 8.14. The molecule has 2 rings (SSSR count). The zero-order chi connectivity index (χ0) is 12.3. The number of carbonyl (C=O) groups excluding carboxylic acids is 1. The van der Waals surface area contributed by atoms with Crippen LogP contribution in [0.5, 0.6) is 0 Å². The summed E-state index contributed by atoms with van der Waals surface area (Å²) in [5, 5.41) is 2.04. The molecule has 2 nitrogen and oxygen atoms in total. The maximum atomic E-state index is 11.8. The summed E-state index contributed by atoms with van der Waals surface area (Å²) in [5.74, 6) is -0.264. The van der Waals surface area contributed by atoms with E-state index in [4.69, 9.17) is 4.74 Å². The van der Waals surface area contributed by atoms with Crippen molar-refractivity contribution in [3.8, 4) is 0 Å². The SMILES string of the molecule is C=C(C)C(=O)OC1(c2cccs2)CCCCC1. The molecule has 0 saturated heterocycles. The fourth-order valence-corrected chi connectivity index (χ4v) is 3.25. The predicted octanol–water partition coefficient (Wildman–Crippen LogP) is 4.03. The normalized spacial score (nSPS) is 18.6. The van der Waals surface area contributed by atoms with Gasteiger partial charge in [-0.2, -0.15) is 0 Å². The van der Waals surface area contributed by atoms with Gasteiger partial charge in [0, 0.05) is 10.5 Å². The Labute approximate surface area is 106 Å². The molecule has 0 bridgehead atoms. The van der Waals surface area contributed by atoms with Gasteiger partial charge in [-0.1, -0.05) is 19.1 Å². The van der Waals surface area contributed by atoms with Crippen LogP contribution in [0.2, 0.25) is 0 Å². The molecule has 1 heterocycles. The Morgan fingerprint density at radius 1 is 1.41 bits per heavy atom. The lowest BCUT2D eigenvalue weighted by molar-refractivity contribution is -0.159. The van der Waals surface area contributed by atoms with Crippen LogP contribution >= 0.6 is 11.3 Å². The molecule has 1 aromatic rings. The molecule has 0 N–H and O–H groups in total. The summed E-state index contributed by atoms with van der Waals surface area (Å²) < 4.78 is 5.76. The van der Waals surface area contributed by atoms with Gasteiger partial charge in [0.05, 0.1) is 0 Å². The third-order valence-electron chi connectivity index (χ3n) is 3.27. The van der Waals surface area contributed by atoms with Crippen molar-refractivity contribution in [3.63, 3.8) is 0 Å². The minimum Gasteiger partial charge on any atom is -0.450 e.